The van der Waals surface area contributed by atoms with Crippen LogP contribution in [0, 0.1) is 12.8 Å². The van der Waals surface area contributed by atoms with Gasteiger partial charge in [0, 0.05) is 24.7 Å². The van der Waals surface area contributed by atoms with E-state index >= 15 is 0 Å². The molecule has 0 atom stereocenters. The topological polar surface area (TPSA) is 95.6 Å². The molecule has 0 aromatic heterocycles. The first kappa shape index (κ1) is 21.8. The van der Waals surface area contributed by atoms with Crippen LogP contribution in [-0.2, 0) is 19.6 Å². The highest BCUT2D eigenvalue weighted by Crippen LogP contribution is 2.26. The first-order chi connectivity index (χ1) is 13.9. The Morgan fingerprint density at radius 3 is 2.38 bits per heavy atom. The van der Waals surface area contributed by atoms with Gasteiger partial charge in [0.2, 0.25) is 21.8 Å². The van der Waals surface area contributed by atoms with Gasteiger partial charge < -0.3 is 10.6 Å². The number of anilines is 1. The number of amides is 2. The molecule has 1 heterocycles. The van der Waals surface area contributed by atoms with E-state index in [1.807, 2.05) is 0 Å². The number of rotatable bonds is 6. The van der Waals surface area contributed by atoms with Crippen molar-refractivity contribution in [2.45, 2.75) is 63.2 Å². The lowest BCUT2D eigenvalue weighted by molar-refractivity contribution is -0.128. The molecule has 0 unspecified atom stereocenters. The highest BCUT2D eigenvalue weighted by atomic mass is 32.2. The van der Waals surface area contributed by atoms with E-state index < -0.39 is 10.0 Å². The Hall–Kier alpha value is -1.93. The number of carbonyl (C=O) groups is 2. The molecule has 1 aliphatic heterocycles. The average molecular weight is 422 g/mol. The van der Waals surface area contributed by atoms with Crippen LogP contribution in [0.3, 0.4) is 0 Å². The molecule has 2 aliphatic rings. The quantitative estimate of drug-likeness (QED) is 0.738. The zero-order chi connectivity index (χ0) is 20.9. The zero-order valence-corrected chi connectivity index (χ0v) is 17.9. The second kappa shape index (κ2) is 9.71. The van der Waals surface area contributed by atoms with Gasteiger partial charge in [-0.15, -0.1) is 0 Å². The molecule has 0 spiro atoms. The summed E-state index contributed by atoms with van der Waals surface area (Å²) in [6, 6.07) is 4.90. The minimum Gasteiger partial charge on any atom is -0.347 e. The van der Waals surface area contributed by atoms with Crippen LogP contribution in [0.2, 0.25) is 0 Å². The summed E-state index contributed by atoms with van der Waals surface area (Å²) >= 11 is 0. The number of nitrogens with one attached hydrogen (secondary N) is 2. The summed E-state index contributed by atoms with van der Waals surface area (Å²) in [7, 11) is -3.58. The second-order valence-corrected chi connectivity index (χ2v) is 9.95. The van der Waals surface area contributed by atoms with E-state index in [9.17, 15) is 18.0 Å². The molecule has 1 aromatic carbocycles. The first-order valence-electron chi connectivity index (χ1n) is 10.6. The van der Waals surface area contributed by atoms with Crippen molar-refractivity contribution in [3.8, 4) is 0 Å². The predicted molar refractivity (Wildman–Crippen MR) is 112 cm³/mol. The Morgan fingerprint density at radius 1 is 1.03 bits per heavy atom. The summed E-state index contributed by atoms with van der Waals surface area (Å²) in [5, 5.41) is 5.41. The molecule has 7 nitrogen and oxygen atoms in total. The van der Waals surface area contributed by atoms with E-state index in [1.54, 1.807) is 19.1 Å². The van der Waals surface area contributed by atoms with Crippen molar-refractivity contribution in [1.29, 1.82) is 0 Å². The van der Waals surface area contributed by atoms with E-state index in [0.717, 1.165) is 44.9 Å². The summed E-state index contributed by atoms with van der Waals surface area (Å²) in [6.07, 6.45) is 7.83. The predicted octanol–water partition coefficient (Wildman–Crippen LogP) is 2.80. The van der Waals surface area contributed by atoms with E-state index in [4.69, 9.17) is 0 Å². The molecule has 2 fully saturated rings. The number of aryl methyl sites for hydroxylation is 1. The molecule has 160 valence electrons. The Bertz CT molecular complexity index is 841. The number of carbonyl (C=O) groups excluding carboxylic acids is 2. The van der Waals surface area contributed by atoms with Crippen LogP contribution in [0.4, 0.5) is 5.69 Å². The van der Waals surface area contributed by atoms with Gasteiger partial charge in [-0.05, 0) is 50.3 Å². The van der Waals surface area contributed by atoms with E-state index in [-0.39, 0.29) is 29.2 Å². The summed E-state index contributed by atoms with van der Waals surface area (Å²) in [6.45, 7) is 2.71. The minimum atomic E-state index is -3.58. The van der Waals surface area contributed by atoms with Crippen LogP contribution < -0.4 is 10.6 Å². The number of hydrogen-bond acceptors (Lipinski definition) is 4. The van der Waals surface area contributed by atoms with Crippen LogP contribution in [-0.4, -0.2) is 44.2 Å². The van der Waals surface area contributed by atoms with Crippen molar-refractivity contribution >= 4 is 27.5 Å². The number of piperidine rings is 1. The third-order valence-corrected chi connectivity index (χ3v) is 7.84. The lowest BCUT2D eigenvalue weighted by atomic mass is 9.89. The monoisotopic (exact) mass is 421 g/mol. The van der Waals surface area contributed by atoms with Gasteiger partial charge in [-0.3, -0.25) is 9.59 Å². The van der Waals surface area contributed by atoms with E-state index in [2.05, 4.69) is 10.6 Å². The summed E-state index contributed by atoms with van der Waals surface area (Å²) in [5.41, 5.74) is 1.07. The Kier molecular flexibility index (Phi) is 7.29. The standard InChI is InChI=1S/C21H31N3O4S/c1-16-10-11-18(14-19(16)29(27,28)24-12-6-3-7-13-24)23-20(25)15-22-21(26)17-8-4-2-5-9-17/h10-11,14,17H,2-9,12-13,15H2,1H3,(H,22,26)(H,23,25). The second-order valence-electron chi connectivity index (χ2n) is 8.05. The Morgan fingerprint density at radius 2 is 1.69 bits per heavy atom. The highest BCUT2D eigenvalue weighted by Gasteiger charge is 2.28. The van der Waals surface area contributed by atoms with Gasteiger partial charge in [0.25, 0.3) is 0 Å². The fourth-order valence-electron chi connectivity index (χ4n) is 4.08. The zero-order valence-electron chi connectivity index (χ0n) is 17.1. The molecule has 2 amide bonds. The SMILES string of the molecule is Cc1ccc(NC(=O)CNC(=O)C2CCCCC2)cc1S(=O)(=O)N1CCCCC1. The lowest BCUT2D eigenvalue weighted by Gasteiger charge is -2.26. The maximum absolute atomic E-state index is 13.0. The third-order valence-electron chi connectivity index (χ3n) is 5.80. The Labute approximate surface area is 173 Å². The molecule has 1 saturated carbocycles. The molecule has 1 aliphatic carbocycles. The maximum atomic E-state index is 13.0. The van der Waals surface area contributed by atoms with Crippen molar-refractivity contribution in [1.82, 2.24) is 9.62 Å². The third kappa shape index (κ3) is 5.57. The van der Waals surface area contributed by atoms with Gasteiger partial charge in [-0.25, -0.2) is 8.42 Å². The molecule has 1 aromatic rings. The van der Waals surface area contributed by atoms with E-state index in [0.29, 0.717) is 24.3 Å². The van der Waals surface area contributed by atoms with Gasteiger partial charge in [0.15, 0.2) is 0 Å². The summed E-state index contributed by atoms with van der Waals surface area (Å²) in [5.74, 6) is -0.436. The minimum absolute atomic E-state index is 0.00258. The molecule has 8 heteroatoms. The van der Waals surface area contributed by atoms with Crippen LogP contribution in [0.25, 0.3) is 0 Å². The van der Waals surface area contributed by atoms with Crippen LogP contribution in [0.15, 0.2) is 23.1 Å². The molecule has 1 saturated heterocycles. The fourth-order valence-corrected chi connectivity index (χ4v) is 5.85. The molecule has 2 N–H and O–H groups in total. The number of sulfonamides is 1. The molecule has 0 bridgehead atoms. The van der Waals surface area contributed by atoms with Crippen molar-refractivity contribution < 1.29 is 18.0 Å². The molecule has 3 rings (SSSR count). The van der Waals surface area contributed by atoms with Crippen LogP contribution >= 0.6 is 0 Å². The van der Waals surface area contributed by atoms with Crippen molar-refractivity contribution in [2.75, 3.05) is 25.0 Å². The smallest absolute Gasteiger partial charge is 0.243 e. The summed E-state index contributed by atoms with van der Waals surface area (Å²) < 4.78 is 27.5. The van der Waals surface area contributed by atoms with Gasteiger partial charge in [-0.2, -0.15) is 4.31 Å². The van der Waals surface area contributed by atoms with Crippen LogP contribution in [0.5, 0.6) is 0 Å². The van der Waals surface area contributed by atoms with Gasteiger partial charge in [0.1, 0.15) is 0 Å². The van der Waals surface area contributed by atoms with Gasteiger partial charge in [0.05, 0.1) is 11.4 Å². The molecule has 29 heavy (non-hydrogen) atoms. The largest absolute Gasteiger partial charge is 0.347 e. The van der Waals surface area contributed by atoms with Gasteiger partial charge >= 0.3 is 0 Å². The normalized spacial score (nSPS) is 18.9. The maximum Gasteiger partial charge on any atom is 0.243 e. The fraction of sp³-hybridized carbons (Fsp3) is 0.619. The lowest BCUT2D eigenvalue weighted by Crippen LogP contribution is -2.37. The molecule has 0 radical (unpaired) electrons. The molecular formula is C21H31N3O4S. The van der Waals surface area contributed by atoms with Crippen molar-refractivity contribution in [2.24, 2.45) is 5.92 Å². The average Bonchev–Trinajstić information content (AvgIpc) is 2.74. The number of nitrogens with zero attached hydrogens (tertiary/aromatic N) is 1. The number of hydrogen-bond donors (Lipinski definition) is 2. The van der Waals surface area contributed by atoms with Crippen LogP contribution in [0.1, 0.15) is 56.9 Å². The molecular weight excluding hydrogens is 390 g/mol. The first-order valence-corrected chi connectivity index (χ1v) is 12.0. The van der Waals surface area contributed by atoms with Crippen molar-refractivity contribution in [3.05, 3.63) is 23.8 Å². The highest BCUT2D eigenvalue weighted by molar-refractivity contribution is 7.89. The summed E-state index contributed by atoms with van der Waals surface area (Å²) in [4.78, 5) is 24.7. The number of benzene rings is 1. The van der Waals surface area contributed by atoms with E-state index in [1.165, 1.54) is 16.8 Å². The Balaban J connectivity index is 1.61. The van der Waals surface area contributed by atoms with Gasteiger partial charge in [-0.1, -0.05) is 31.7 Å². The van der Waals surface area contributed by atoms with Crippen molar-refractivity contribution in [3.63, 3.8) is 0 Å².